The molecular weight excluding hydrogens is 601 g/mol. The fraction of sp³-hybridized carbons (Fsp3) is 0.0645. The SMILES string of the molecule is COC(=O)c1c(C)oc2ccc(N(C(=O)c3ccccc3C(=O)c3ccc(Cl)cc3)S(=O)(=O)c3ccc(Cl)cc3)cc12. The topological polar surface area (TPSA) is 111 Å². The first kappa shape index (κ1) is 29.1. The molecule has 212 valence electrons. The number of hydrogen-bond donors (Lipinski definition) is 0. The van der Waals surface area contributed by atoms with Crippen molar-refractivity contribution in [2.24, 2.45) is 0 Å². The van der Waals surface area contributed by atoms with E-state index in [2.05, 4.69) is 0 Å². The highest BCUT2D eigenvalue weighted by molar-refractivity contribution is 7.93. The molecule has 0 aliphatic heterocycles. The number of amides is 1. The van der Waals surface area contributed by atoms with Crippen molar-refractivity contribution in [2.75, 3.05) is 11.4 Å². The van der Waals surface area contributed by atoms with Gasteiger partial charge in [-0.2, -0.15) is 4.31 Å². The zero-order valence-corrected chi connectivity index (χ0v) is 24.5. The molecule has 0 saturated heterocycles. The Labute approximate surface area is 251 Å². The van der Waals surface area contributed by atoms with E-state index in [1.807, 2.05) is 0 Å². The van der Waals surface area contributed by atoms with Crippen LogP contribution in [-0.2, 0) is 14.8 Å². The number of benzene rings is 4. The first-order valence-corrected chi connectivity index (χ1v) is 14.6. The Morgan fingerprint density at radius 3 is 2.02 bits per heavy atom. The Morgan fingerprint density at radius 2 is 1.40 bits per heavy atom. The Hall–Kier alpha value is -4.44. The lowest BCUT2D eigenvalue weighted by Gasteiger charge is -2.24. The van der Waals surface area contributed by atoms with Gasteiger partial charge in [-0.1, -0.05) is 41.4 Å². The Kier molecular flexibility index (Phi) is 7.92. The molecule has 4 aromatic carbocycles. The molecule has 5 rings (SSSR count). The van der Waals surface area contributed by atoms with Crippen molar-refractivity contribution in [3.05, 3.63) is 129 Å². The first-order chi connectivity index (χ1) is 20.0. The highest BCUT2D eigenvalue weighted by Crippen LogP contribution is 2.34. The highest BCUT2D eigenvalue weighted by atomic mass is 35.5. The number of ketones is 1. The molecule has 0 radical (unpaired) electrons. The molecule has 0 unspecified atom stereocenters. The number of sulfonamides is 1. The first-order valence-electron chi connectivity index (χ1n) is 12.4. The number of halogens is 2. The third kappa shape index (κ3) is 5.30. The monoisotopic (exact) mass is 621 g/mol. The van der Waals surface area contributed by atoms with Crippen LogP contribution in [0.1, 0.15) is 42.4 Å². The summed E-state index contributed by atoms with van der Waals surface area (Å²) < 4.78 is 39.4. The van der Waals surface area contributed by atoms with Crippen LogP contribution in [0.5, 0.6) is 0 Å². The molecule has 0 fully saturated rings. The van der Waals surface area contributed by atoms with Gasteiger partial charge in [0.25, 0.3) is 15.9 Å². The van der Waals surface area contributed by atoms with Gasteiger partial charge in [0.2, 0.25) is 0 Å². The van der Waals surface area contributed by atoms with Gasteiger partial charge < -0.3 is 9.15 Å². The summed E-state index contributed by atoms with van der Waals surface area (Å²) in [4.78, 5) is 40.1. The summed E-state index contributed by atoms with van der Waals surface area (Å²) in [6.07, 6.45) is 0. The van der Waals surface area contributed by atoms with Crippen LogP contribution in [-0.4, -0.2) is 33.2 Å². The molecule has 11 heteroatoms. The number of fused-ring (bicyclic) bond motifs is 1. The number of anilines is 1. The fourth-order valence-electron chi connectivity index (χ4n) is 4.50. The molecule has 8 nitrogen and oxygen atoms in total. The molecule has 1 aromatic heterocycles. The lowest BCUT2D eigenvalue weighted by molar-refractivity contribution is 0.0600. The van der Waals surface area contributed by atoms with Gasteiger partial charge in [0, 0.05) is 26.6 Å². The van der Waals surface area contributed by atoms with E-state index in [9.17, 15) is 22.8 Å². The lowest BCUT2D eigenvalue weighted by Crippen LogP contribution is -2.38. The van der Waals surface area contributed by atoms with Crippen LogP contribution in [0.15, 0.2) is 100 Å². The number of methoxy groups -OCH3 is 1. The molecule has 0 aliphatic rings. The van der Waals surface area contributed by atoms with Crippen LogP contribution in [0.25, 0.3) is 11.0 Å². The van der Waals surface area contributed by atoms with Crippen molar-refractivity contribution in [3.63, 3.8) is 0 Å². The van der Waals surface area contributed by atoms with Gasteiger partial charge in [-0.3, -0.25) is 9.59 Å². The number of aryl methyl sites for hydroxylation is 1. The van der Waals surface area contributed by atoms with E-state index in [-0.39, 0.29) is 49.6 Å². The number of carbonyl (C=O) groups excluding carboxylic acids is 3. The van der Waals surface area contributed by atoms with Crippen LogP contribution in [0.4, 0.5) is 5.69 Å². The number of carbonyl (C=O) groups is 3. The average Bonchev–Trinajstić information content (AvgIpc) is 3.32. The van der Waals surface area contributed by atoms with Crippen molar-refractivity contribution in [2.45, 2.75) is 11.8 Å². The molecular formula is C31H21Cl2NO7S. The van der Waals surface area contributed by atoms with Crippen molar-refractivity contribution in [1.29, 1.82) is 0 Å². The van der Waals surface area contributed by atoms with Gasteiger partial charge >= 0.3 is 5.97 Å². The largest absolute Gasteiger partial charge is 0.465 e. The van der Waals surface area contributed by atoms with Gasteiger partial charge in [0.05, 0.1) is 23.3 Å². The minimum absolute atomic E-state index is 0.0170. The molecule has 5 aromatic rings. The molecule has 0 N–H and O–H groups in total. The predicted molar refractivity (Wildman–Crippen MR) is 159 cm³/mol. The molecule has 1 amide bonds. The van der Waals surface area contributed by atoms with Crippen LogP contribution in [0.3, 0.4) is 0 Å². The minimum Gasteiger partial charge on any atom is -0.465 e. The molecule has 1 heterocycles. The number of ether oxygens (including phenoxy) is 1. The summed E-state index contributed by atoms with van der Waals surface area (Å²) in [6.45, 7) is 1.57. The fourth-order valence-corrected chi connectivity index (χ4v) is 6.15. The van der Waals surface area contributed by atoms with Gasteiger partial charge in [-0.15, -0.1) is 0 Å². The summed E-state index contributed by atoms with van der Waals surface area (Å²) in [5, 5.41) is 0.961. The number of hydrogen-bond acceptors (Lipinski definition) is 7. The minimum atomic E-state index is -4.58. The van der Waals surface area contributed by atoms with Gasteiger partial charge in [-0.05, 0) is 79.7 Å². The molecule has 0 saturated carbocycles. The second-order valence-electron chi connectivity index (χ2n) is 9.12. The number of rotatable bonds is 7. The van der Waals surface area contributed by atoms with Crippen LogP contribution < -0.4 is 4.31 Å². The molecule has 0 atom stereocenters. The molecule has 0 spiro atoms. The predicted octanol–water partition coefficient (Wildman–Crippen LogP) is 7.10. The molecule has 0 bridgehead atoms. The average molecular weight is 622 g/mol. The smallest absolute Gasteiger partial charge is 0.342 e. The van der Waals surface area contributed by atoms with Gasteiger partial charge in [-0.25, -0.2) is 13.2 Å². The second kappa shape index (κ2) is 11.4. The van der Waals surface area contributed by atoms with E-state index in [1.54, 1.807) is 13.0 Å². The standard InChI is InChI=1S/C31H21Cl2NO7S/c1-18-28(31(37)40-2)26-17-22(13-16-27(26)41-18)34(42(38,39)23-14-11-21(33)12-15-23)30(36)25-6-4-3-5-24(25)29(35)19-7-9-20(32)10-8-19/h3-17H,1-2H3. The summed E-state index contributed by atoms with van der Waals surface area (Å²) >= 11 is 12.0. The third-order valence-corrected chi connectivity index (χ3v) is 8.75. The van der Waals surface area contributed by atoms with E-state index in [1.165, 1.54) is 92.0 Å². The van der Waals surface area contributed by atoms with Crippen molar-refractivity contribution in [3.8, 4) is 0 Å². The van der Waals surface area contributed by atoms with E-state index in [4.69, 9.17) is 32.4 Å². The maximum absolute atomic E-state index is 14.3. The maximum atomic E-state index is 14.3. The van der Waals surface area contributed by atoms with Gasteiger partial charge in [0.15, 0.2) is 5.78 Å². The highest BCUT2D eigenvalue weighted by Gasteiger charge is 2.35. The van der Waals surface area contributed by atoms with E-state index >= 15 is 0 Å². The zero-order chi connectivity index (χ0) is 30.2. The summed E-state index contributed by atoms with van der Waals surface area (Å²) in [5.74, 6) is -1.94. The van der Waals surface area contributed by atoms with Crippen molar-refractivity contribution in [1.82, 2.24) is 0 Å². The van der Waals surface area contributed by atoms with E-state index in [0.717, 1.165) is 0 Å². The van der Waals surface area contributed by atoms with Crippen molar-refractivity contribution < 1.29 is 32.0 Å². The Bertz CT molecular complexity index is 1970. The Morgan fingerprint density at radius 1 is 0.810 bits per heavy atom. The molecule has 42 heavy (non-hydrogen) atoms. The van der Waals surface area contributed by atoms with E-state index in [0.29, 0.717) is 14.4 Å². The van der Waals surface area contributed by atoms with Crippen LogP contribution >= 0.6 is 23.2 Å². The quantitative estimate of drug-likeness (QED) is 0.141. The lowest BCUT2D eigenvalue weighted by atomic mass is 9.98. The summed E-state index contributed by atoms with van der Waals surface area (Å²) in [5.41, 5.74) is 0.352. The zero-order valence-electron chi connectivity index (χ0n) is 22.1. The number of nitrogens with zero attached hydrogens (tertiary/aromatic N) is 1. The van der Waals surface area contributed by atoms with Crippen molar-refractivity contribution >= 4 is 67.5 Å². The number of esters is 1. The van der Waals surface area contributed by atoms with Crippen LogP contribution in [0.2, 0.25) is 10.0 Å². The summed E-state index contributed by atoms with van der Waals surface area (Å²) in [7, 11) is -3.37. The normalized spacial score (nSPS) is 11.3. The Balaban J connectivity index is 1.72. The maximum Gasteiger partial charge on any atom is 0.342 e. The summed E-state index contributed by atoms with van der Waals surface area (Å²) in [6, 6.07) is 21.5. The number of furan rings is 1. The molecule has 0 aliphatic carbocycles. The van der Waals surface area contributed by atoms with Gasteiger partial charge in [0.1, 0.15) is 16.9 Å². The van der Waals surface area contributed by atoms with Crippen LogP contribution in [0, 0.1) is 6.92 Å². The third-order valence-electron chi connectivity index (χ3n) is 6.52. The van der Waals surface area contributed by atoms with E-state index < -0.39 is 27.7 Å². The second-order valence-corrected chi connectivity index (χ2v) is 11.8.